The monoisotopic (exact) mass is 301 g/mol. The van der Waals surface area contributed by atoms with E-state index in [-0.39, 0.29) is 17.8 Å². The molecule has 0 aliphatic carbocycles. The molecular weight excluding hydrogens is 278 g/mol. The fourth-order valence-corrected chi connectivity index (χ4v) is 3.28. The van der Waals surface area contributed by atoms with Gasteiger partial charge in [0.1, 0.15) is 5.58 Å². The van der Waals surface area contributed by atoms with E-state index in [4.69, 9.17) is 9.15 Å². The standard InChI is InChI=1S/C18H23NO3/c1-4-14-5-6-16-15(8-18(20)22-17(16)7-14)11-19-9-12(2)21-13(3)10-19/h5-8,12-13H,4,9-11H2,1-3H3/t12-,13-/m0/s1. The number of morpholine rings is 1. The Balaban J connectivity index is 1.94. The van der Waals surface area contributed by atoms with Gasteiger partial charge in [-0.25, -0.2) is 4.79 Å². The number of benzene rings is 1. The van der Waals surface area contributed by atoms with Gasteiger partial charge < -0.3 is 9.15 Å². The van der Waals surface area contributed by atoms with Crippen LogP contribution in [0.15, 0.2) is 33.5 Å². The summed E-state index contributed by atoms with van der Waals surface area (Å²) in [5.74, 6) is 0. The summed E-state index contributed by atoms with van der Waals surface area (Å²) in [6.45, 7) is 8.81. The molecule has 0 N–H and O–H groups in total. The molecule has 0 unspecified atom stereocenters. The van der Waals surface area contributed by atoms with E-state index in [1.807, 2.05) is 6.07 Å². The van der Waals surface area contributed by atoms with E-state index in [9.17, 15) is 4.79 Å². The predicted octanol–water partition coefficient (Wildman–Crippen LogP) is 2.96. The fraction of sp³-hybridized carbons (Fsp3) is 0.500. The molecule has 2 heterocycles. The Kier molecular flexibility index (Phi) is 4.32. The number of nitrogens with zero attached hydrogens (tertiary/aromatic N) is 1. The molecule has 1 aromatic carbocycles. The van der Waals surface area contributed by atoms with Gasteiger partial charge in [-0.15, -0.1) is 0 Å². The zero-order chi connectivity index (χ0) is 15.7. The molecule has 118 valence electrons. The van der Waals surface area contributed by atoms with Crippen molar-refractivity contribution in [3.8, 4) is 0 Å². The van der Waals surface area contributed by atoms with Gasteiger partial charge in [0.05, 0.1) is 12.2 Å². The van der Waals surface area contributed by atoms with Crippen LogP contribution in [0.3, 0.4) is 0 Å². The van der Waals surface area contributed by atoms with E-state index in [1.165, 1.54) is 5.56 Å². The van der Waals surface area contributed by atoms with Crippen LogP contribution in [0.5, 0.6) is 0 Å². The van der Waals surface area contributed by atoms with Gasteiger partial charge in [0.15, 0.2) is 0 Å². The lowest BCUT2D eigenvalue weighted by Gasteiger charge is -2.35. The van der Waals surface area contributed by atoms with Gasteiger partial charge in [0.2, 0.25) is 0 Å². The average molecular weight is 301 g/mol. The molecule has 3 rings (SSSR count). The van der Waals surface area contributed by atoms with Crippen molar-refractivity contribution in [3.05, 3.63) is 45.8 Å². The van der Waals surface area contributed by atoms with Gasteiger partial charge in [-0.3, -0.25) is 4.90 Å². The number of fused-ring (bicyclic) bond motifs is 1. The van der Waals surface area contributed by atoms with Crippen LogP contribution in [0.25, 0.3) is 11.0 Å². The lowest BCUT2D eigenvalue weighted by molar-refractivity contribution is -0.0704. The van der Waals surface area contributed by atoms with Crippen molar-refractivity contribution in [1.29, 1.82) is 0 Å². The van der Waals surface area contributed by atoms with E-state index < -0.39 is 0 Å². The van der Waals surface area contributed by atoms with Crippen molar-refractivity contribution in [2.24, 2.45) is 0 Å². The quantitative estimate of drug-likeness (QED) is 0.818. The topological polar surface area (TPSA) is 42.7 Å². The second kappa shape index (κ2) is 6.23. The third-order valence-electron chi connectivity index (χ3n) is 4.19. The Morgan fingerprint density at radius 2 is 1.91 bits per heavy atom. The normalized spacial score (nSPS) is 23.0. The molecule has 2 atom stereocenters. The summed E-state index contributed by atoms with van der Waals surface area (Å²) in [5.41, 5.74) is 2.64. The van der Waals surface area contributed by atoms with E-state index in [0.29, 0.717) is 5.58 Å². The van der Waals surface area contributed by atoms with Crippen molar-refractivity contribution in [3.63, 3.8) is 0 Å². The number of hydrogen-bond donors (Lipinski definition) is 0. The van der Waals surface area contributed by atoms with Gasteiger partial charge in [-0.05, 0) is 37.5 Å². The van der Waals surface area contributed by atoms with Crippen LogP contribution >= 0.6 is 0 Å². The molecule has 2 aromatic rings. The van der Waals surface area contributed by atoms with Crippen molar-refractivity contribution in [2.75, 3.05) is 13.1 Å². The highest BCUT2D eigenvalue weighted by Crippen LogP contribution is 2.22. The van der Waals surface area contributed by atoms with Crippen molar-refractivity contribution in [2.45, 2.75) is 45.9 Å². The summed E-state index contributed by atoms with van der Waals surface area (Å²) in [5, 5.41) is 1.03. The number of aryl methyl sites for hydroxylation is 1. The molecule has 1 fully saturated rings. The van der Waals surface area contributed by atoms with Crippen LogP contribution in [0.1, 0.15) is 31.9 Å². The Morgan fingerprint density at radius 3 is 2.59 bits per heavy atom. The number of rotatable bonds is 3. The molecule has 4 heteroatoms. The molecule has 0 bridgehead atoms. The Hall–Kier alpha value is -1.65. The highest BCUT2D eigenvalue weighted by atomic mass is 16.5. The third kappa shape index (κ3) is 3.23. The van der Waals surface area contributed by atoms with Crippen molar-refractivity contribution in [1.82, 2.24) is 4.90 Å². The summed E-state index contributed by atoms with van der Waals surface area (Å²) in [6.07, 6.45) is 1.38. The van der Waals surface area contributed by atoms with E-state index in [1.54, 1.807) is 6.07 Å². The second-order valence-electron chi connectivity index (χ2n) is 6.23. The largest absolute Gasteiger partial charge is 0.423 e. The summed E-state index contributed by atoms with van der Waals surface area (Å²) < 4.78 is 11.2. The molecule has 22 heavy (non-hydrogen) atoms. The maximum absolute atomic E-state index is 11.9. The van der Waals surface area contributed by atoms with Crippen molar-refractivity contribution < 1.29 is 9.15 Å². The molecule has 0 amide bonds. The first-order valence-electron chi connectivity index (χ1n) is 7.98. The van der Waals surface area contributed by atoms with Gasteiger partial charge in [-0.1, -0.05) is 19.1 Å². The molecule has 4 nitrogen and oxygen atoms in total. The van der Waals surface area contributed by atoms with Gasteiger partial charge in [0.25, 0.3) is 0 Å². The van der Waals surface area contributed by atoms with Crippen LogP contribution in [-0.2, 0) is 17.7 Å². The Bertz CT molecular complexity index is 712. The highest BCUT2D eigenvalue weighted by molar-refractivity contribution is 5.80. The van der Waals surface area contributed by atoms with Crippen LogP contribution in [0.4, 0.5) is 0 Å². The summed E-state index contributed by atoms with van der Waals surface area (Å²) in [7, 11) is 0. The molecule has 1 aliphatic rings. The molecule has 0 radical (unpaired) electrons. The average Bonchev–Trinajstić information content (AvgIpc) is 2.45. The van der Waals surface area contributed by atoms with Crippen LogP contribution in [0.2, 0.25) is 0 Å². The second-order valence-corrected chi connectivity index (χ2v) is 6.23. The number of hydrogen-bond acceptors (Lipinski definition) is 4. The van der Waals surface area contributed by atoms with Crippen molar-refractivity contribution >= 4 is 11.0 Å². The third-order valence-corrected chi connectivity index (χ3v) is 4.19. The minimum atomic E-state index is -0.273. The van der Waals surface area contributed by atoms with Crippen LogP contribution in [0, 0.1) is 0 Å². The molecule has 0 spiro atoms. The summed E-state index contributed by atoms with van der Waals surface area (Å²) >= 11 is 0. The Labute approximate surface area is 130 Å². The Morgan fingerprint density at radius 1 is 1.18 bits per heavy atom. The van der Waals surface area contributed by atoms with Crippen LogP contribution in [-0.4, -0.2) is 30.2 Å². The SMILES string of the molecule is CCc1ccc2c(CN3C[C@H](C)O[C@@H](C)C3)cc(=O)oc2c1. The lowest BCUT2D eigenvalue weighted by Crippen LogP contribution is -2.44. The molecule has 1 aliphatic heterocycles. The first-order valence-corrected chi connectivity index (χ1v) is 7.98. The first-order chi connectivity index (χ1) is 10.5. The maximum atomic E-state index is 11.9. The minimum Gasteiger partial charge on any atom is -0.423 e. The summed E-state index contributed by atoms with van der Waals surface area (Å²) in [6, 6.07) is 7.78. The predicted molar refractivity (Wildman–Crippen MR) is 87.1 cm³/mol. The zero-order valence-electron chi connectivity index (χ0n) is 13.5. The molecule has 1 aromatic heterocycles. The van der Waals surface area contributed by atoms with Crippen LogP contribution < -0.4 is 5.63 Å². The van der Waals surface area contributed by atoms with E-state index in [2.05, 4.69) is 37.8 Å². The van der Waals surface area contributed by atoms with Gasteiger partial charge >= 0.3 is 5.63 Å². The maximum Gasteiger partial charge on any atom is 0.336 e. The van der Waals surface area contributed by atoms with Gasteiger partial charge in [0, 0.05) is 31.1 Å². The lowest BCUT2D eigenvalue weighted by atomic mass is 10.1. The smallest absolute Gasteiger partial charge is 0.336 e. The van der Waals surface area contributed by atoms with Gasteiger partial charge in [-0.2, -0.15) is 0 Å². The zero-order valence-corrected chi connectivity index (χ0v) is 13.5. The number of ether oxygens (including phenoxy) is 1. The highest BCUT2D eigenvalue weighted by Gasteiger charge is 2.22. The molecule has 1 saturated heterocycles. The first kappa shape index (κ1) is 15.3. The van der Waals surface area contributed by atoms with E-state index in [0.717, 1.165) is 37.0 Å². The molecule has 0 saturated carbocycles. The summed E-state index contributed by atoms with van der Waals surface area (Å²) in [4.78, 5) is 14.2. The van der Waals surface area contributed by atoms with E-state index >= 15 is 0 Å². The minimum absolute atomic E-state index is 0.224. The fourth-order valence-electron chi connectivity index (χ4n) is 3.28. The molecular formula is C18H23NO3.